The third-order valence-electron chi connectivity index (χ3n) is 5.27. The molecule has 24 heavy (non-hydrogen) atoms. The second-order valence-electron chi connectivity index (χ2n) is 7.24. The van der Waals surface area contributed by atoms with Crippen LogP contribution >= 0.6 is 0 Å². The van der Waals surface area contributed by atoms with Crippen molar-refractivity contribution < 1.29 is 0 Å². The van der Waals surface area contributed by atoms with E-state index in [2.05, 4.69) is 19.9 Å². The number of hydrogen-bond acceptors (Lipinski definition) is 6. The zero-order valence-electron chi connectivity index (χ0n) is 14.7. The zero-order chi connectivity index (χ0) is 16.7. The second-order valence-corrected chi connectivity index (χ2v) is 7.24. The van der Waals surface area contributed by atoms with Gasteiger partial charge in [-0.3, -0.25) is 0 Å². The van der Waals surface area contributed by atoms with Crippen molar-refractivity contribution in [2.24, 2.45) is 0 Å². The molecule has 0 N–H and O–H groups in total. The average Bonchev–Trinajstić information content (AvgIpc) is 2.92. The lowest BCUT2D eigenvalue weighted by Gasteiger charge is -2.40. The smallest absolute Gasteiger partial charge is 0.225 e. The van der Waals surface area contributed by atoms with E-state index in [-0.39, 0.29) is 5.41 Å². The second kappa shape index (κ2) is 5.69. The van der Waals surface area contributed by atoms with E-state index < -0.39 is 0 Å². The zero-order valence-corrected chi connectivity index (χ0v) is 14.7. The Balaban J connectivity index is 1.69. The number of hydrogen-bond donors (Lipinski definition) is 0. The van der Waals surface area contributed by atoms with Gasteiger partial charge in [0, 0.05) is 50.7 Å². The summed E-state index contributed by atoms with van der Waals surface area (Å²) < 4.78 is 0. The minimum absolute atomic E-state index is 0.119. The maximum Gasteiger partial charge on any atom is 0.225 e. The molecule has 0 aromatic carbocycles. The van der Waals surface area contributed by atoms with Crippen molar-refractivity contribution in [3.05, 3.63) is 35.4 Å². The van der Waals surface area contributed by atoms with E-state index in [0.29, 0.717) is 0 Å². The summed E-state index contributed by atoms with van der Waals surface area (Å²) in [6, 6.07) is 1.95. The largest absolute Gasteiger partial charge is 0.347 e. The molecule has 2 aliphatic rings. The molecule has 2 aromatic rings. The number of nitrogens with zero attached hydrogens (tertiary/aromatic N) is 6. The predicted molar refractivity (Wildman–Crippen MR) is 94.6 cm³/mol. The third kappa shape index (κ3) is 2.50. The molecule has 0 saturated carbocycles. The lowest BCUT2D eigenvalue weighted by atomic mass is 9.77. The Labute approximate surface area is 143 Å². The molecule has 0 bridgehead atoms. The Morgan fingerprint density at radius 3 is 2.83 bits per heavy atom. The molecule has 0 amide bonds. The number of aryl methyl sites for hydroxylation is 2. The topological polar surface area (TPSA) is 58.0 Å². The lowest BCUT2D eigenvalue weighted by Crippen LogP contribution is -2.46. The predicted octanol–water partition coefficient (Wildman–Crippen LogP) is 2.13. The monoisotopic (exact) mass is 324 g/mol. The molecule has 6 nitrogen and oxygen atoms in total. The fraction of sp³-hybridized carbons (Fsp3) is 0.556. The highest BCUT2D eigenvalue weighted by Gasteiger charge is 2.44. The number of piperidine rings is 1. The van der Waals surface area contributed by atoms with Gasteiger partial charge in [-0.05, 0) is 44.2 Å². The van der Waals surface area contributed by atoms with E-state index in [1.54, 1.807) is 0 Å². The van der Waals surface area contributed by atoms with E-state index in [1.165, 1.54) is 17.7 Å². The lowest BCUT2D eigenvalue weighted by molar-refractivity contribution is 0.332. The molecule has 4 rings (SSSR count). The molecule has 1 atom stereocenters. The highest BCUT2D eigenvalue weighted by atomic mass is 15.3. The van der Waals surface area contributed by atoms with Gasteiger partial charge in [0.05, 0.1) is 5.69 Å². The Kier molecular flexibility index (Phi) is 3.62. The quantitative estimate of drug-likeness (QED) is 0.843. The van der Waals surface area contributed by atoms with Crippen molar-refractivity contribution in [3.8, 4) is 0 Å². The molecule has 6 heteroatoms. The van der Waals surface area contributed by atoms with Crippen LogP contribution < -0.4 is 9.80 Å². The van der Waals surface area contributed by atoms with Crippen molar-refractivity contribution in [2.75, 3.05) is 37.0 Å². The molecule has 2 aromatic heterocycles. The molecule has 1 aliphatic carbocycles. The number of fused-ring (bicyclic) bond motifs is 2. The van der Waals surface area contributed by atoms with Crippen molar-refractivity contribution in [3.63, 3.8) is 0 Å². The SMILES string of the molecule is Cc1ccnc(N2CCCC3(CCc4cnc(N(C)C)nc43)C2)n1. The van der Waals surface area contributed by atoms with Crippen LogP contribution in [-0.2, 0) is 11.8 Å². The van der Waals surface area contributed by atoms with E-state index in [9.17, 15) is 0 Å². The van der Waals surface area contributed by atoms with Crippen LogP contribution in [0.3, 0.4) is 0 Å². The van der Waals surface area contributed by atoms with Gasteiger partial charge in [0.15, 0.2) is 0 Å². The fourth-order valence-electron chi connectivity index (χ4n) is 4.04. The van der Waals surface area contributed by atoms with Crippen LogP contribution in [0.2, 0.25) is 0 Å². The normalized spacial score (nSPS) is 22.7. The van der Waals surface area contributed by atoms with Gasteiger partial charge < -0.3 is 9.80 Å². The average molecular weight is 324 g/mol. The Morgan fingerprint density at radius 1 is 1.17 bits per heavy atom. The summed E-state index contributed by atoms with van der Waals surface area (Å²) in [4.78, 5) is 22.9. The molecule has 126 valence electrons. The van der Waals surface area contributed by atoms with Gasteiger partial charge in [-0.15, -0.1) is 0 Å². The number of aromatic nitrogens is 4. The van der Waals surface area contributed by atoms with Crippen LogP contribution in [0, 0.1) is 6.92 Å². The summed E-state index contributed by atoms with van der Waals surface area (Å²) in [7, 11) is 3.99. The summed E-state index contributed by atoms with van der Waals surface area (Å²) in [5.41, 5.74) is 3.70. The molecule has 1 saturated heterocycles. The van der Waals surface area contributed by atoms with Crippen LogP contribution in [0.25, 0.3) is 0 Å². The first-order chi connectivity index (χ1) is 11.6. The van der Waals surface area contributed by atoms with Crippen LogP contribution in [-0.4, -0.2) is 47.1 Å². The fourth-order valence-corrected chi connectivity index (χ4v) is 4.04. The number of rotatable bonds is 2. The Hall–Kier alpha value is -2.24. The molecular weight excluding hydrogens is 300 g/mol. The van der Waals surface area contributed by atoms with E-state index in [0.717, 1.165) is 49.9 Å². The highest BCUT2D eigenvalue weighted by Crippen LogP contribution is 2.44. The first-order valence-corrected chi connectivity index (χ1v) is 8.66. The summed E-state index contributed by atoms with van der Waals surface area (Å²) in [6.45, 7) is 3.99. The highest BCUT2D eigenvalue weighted by molar-refractivity contribution is 5.43. The van der Waals surface area contributed by atoms with E-state index >= 15 is 0 Å². The molecule has 3 heterocycles. The Morgan fingerprint density at radius 2 is 2.04 bits per heavy atom. The summed E-state index contributed by atoms with van der Waals surface area (Å²) in [5.74, 6) is 1.66. The molecule has 1 spiro atoms. The van der Waals surface area contributed by atoms with Crippen LogP contribution in [0.1, 0.15) is 36.2 Å². The number of anilines is 2. The van der Waals surface area contributed by atoms with Crippen LogP contribution in [0.15, 0.2) is 18.5 Å². The maximum atomic E-state index is 4.92. The van der Waals surface area contributed by atoms with Gasteiger partial charge in [-0.1, -0.05) is 0 Å². The molecular formula is C18H24N6. The van der Waals surface area contributed by atoms with Crippen LogP contribution in [0.5, 0.6) is 0 Å². The van der Waals surface area contributed by atoms with Gasteiger partial charge in [0.25, 0.3) is 0 Å². The van der Waals surface area contributed by atoms with Gasteiger partial charge in [0.2, 0.25) is 11.9 Å². The van der Waals surface area contributed by atoms with Gasteiger partial charge in [-0.25, -0.2) is 19.9 Å². The van der Waals surface area contributed by atoms with Crippen molar-refractivity contribution >= 4 is 11.9 Å². The third-order valence-corrected chi connectivity index (χ3v) is 5.27. The Bertz CT molecular complexity index is 755. The van der Waals surface area contributed by atoms with Crippen LogP contribution in [0.4, 0.5) is 11.9 Å². The molecule has 1 fully saturated rings. The van der Waals surface area contributed by atoms with Crippen molar-refractivity contribution in [2.45, 2.75) is 38.0 Å². The summed E-state index contributed by atoms with van der Waals surface area (Å²) in [6.07, 6.45) is 8.44. The van der Waals surface area contributed by atoms with E-state index in [4.69, 9.17) is 4.98 Å². The van der Waals surface area contributed by atoms with Crippen molar-refractivity contribution in [1.82, 2.24) is 19.9 Å². The standard InChI is InChI=1S/C18H24N6/c1-13-6-9-19-17(21-13)24-10-4-7-18(12-24)8-5-14-11-20-16(23(2)3)22-15(14)18/h6,9,11H,4-5,7-8,10,12H2,1-3H3. The van der Waals surface area contributed by atoms with Gasteiger partial charge in [-0.2, -0.15) is 0 Å². The minimum Gasteiger partial charge on any atom is -0.347 e. The first-order valence-electron chi connectivity index (χ1n) is 8.66. The first kappa shape index (κ1) is 15.3. The molecule has 1 aliphatic heterocycles. The minimum atomic E-state index is 0.119. The van der Waals surface area contributed by atoms with Gasteiger partial charge in [0.1, 0.15) is 0 Å². The van der Waals surface area contributed by atoms with Crippen molar-refractivity contribution in [1.29, 1.82) is 0 Å². The van der Waals surface area contributed by atoms with E-state index in [1.807, 2.05) is 44.4 Å². The van der Waals surface area contributed by atoms with Gasteiger partial charge >= 0.3 is 0 Å². The molecule has 0 radical (unpaired) electrons. The summed E-state index contributed by atoms with van der Waals surface area (Å²) >= 11 is 0. The molecule has 1 unspecified atom stereocenters. The summed E-state index contributed by atoms with van der Waals surface area (Å²) in [5, 5.41) is 0. The maximum absolute atomic E-state index is 4.92.